The minimum atomic E-state index is -0.797. The highest BCUT2D eigenvalue weighted by Crippen LogP contribution is 2.41. The van der Waals surface area contributed by atoms with E-state index in [1.54, 1.807) is 7.11 Å². The van der Waals surface area contributed by atoms with Crippen molar-refractivity contribution in [2.45, 2.75) is 51.1 Å². The van der Waals surface area contributed by atoms with Gasteiger partial charge in [-0.2, -0.15) is 0 Å². The number of carbonyl (C=O) groups is 1. The molecule has 3 atom stereocenters. The molecule has 0 radical (unpaired) electrons. The van der Waals surface area contributed by atoms with Gasteiger partial charge in [0.25, 0.3) is 0 Å². The van der Waals surface area contributed by atoms with Crippen molar-refractivity contribution >= 4 is 5.97 Å². The van der Waals surface area contributed by atoms with E-state index in [9.17, 15) is 4.79 Å². The Morgan fingerprint density at radius 3 is 2.56 bits per heavy atom. The first-order valence-electron chi connectivity index (χ1n) is 10.9. The molecule has 2 aromatic rings. The highest BCUT2D eigenvalue weighted by Gasteiger charge is 2.42. The van der Waals surface area contributed by atoms with Gasteiger partial charge >= 0.3 is 5.97 Å². The fourth-order valence-electron chi connectivity index (χ4n) is 3.80. The third-order valence-electron chi connectivity index (χ3n) is 5.43. The van der Waals surface area contributed by atoms with Gasteiger partial charge in [-0.1, -0.05) is 48.6 Å². The van der Waals surface area contributed by atoms with Crippen molar-refractivity contribution < 1.29 is 28.8 Å². The minimum Gasteiger partial charge on any atom is -0.496 e. The fourth-order valence-corrected chi connectivity index (χ4v) is 3.80. The van der Waals surface area contributed by atoms with Crippen molar-refractivity contribution in [3.05, 3.63) is 72.3 Å². The molecule has 0 bridgehead atoms. The van der Waals surface area contributed by atoms with E-state index in [-0.39, 0.29) is 18.4 Å². The summed E-state index contributed by atoms with van der Waals surface area (Å²) >= 11 is 0. The van der Waals surface area contributed by atoms with Crippen LogP contribution in [-0.4, -0.2) is 36.7 Å². The summed E-state index contributed by atoms with van der Waals surface area (Å²) in [6.45, 7) is 4.39. The van der Waals surface area contributed by atoms with Gasteiger partial charge < -0.3 is 24.1 Å². The fraction of sp³-hybridized carbons (Fsp3) is 0.423. The minimum absolute atomic E-state index is 0.0520. The van der Waals surface area contributed by atoms with Gasteiger partial charge in [0, 0.05) is 17.9 Å². The number of aliphatic carboxylic acids is 1. The Morgan fingerprint density at radius 2 is 1.84 bits per heavy atom. The zero-order chi connectivity index (χ0) is 23.0. The number of ether oxygens (including phenoxy) is 4. The molecule has 6 nitrogen and oxygen atoms in total. The number of carboxylic acids is 1. The molecule has 1 N–H and O–H groups in total. The molecule has 1 saturated heterocycles. The number of benzene rings is 2. The first-order chi connectivity index (χ1) is 15.4. The van der Waals surface area contributed by atoms with Crippen LogP contribution in [0.3, 0.4) is 0 Å². The average Bonchev–Trinajstić information content (AvgIpc) is 2.79. The molecule has 1 fully saturated rings. The maximum Gasteiger partial charge on any atom is 0.303 e. The zero-order valence-corrected chi connectivity index (χ0v) is 18.9. The van der Waals surface area contributed by atoms with Crippen LogP contribution in [-0.2, 0) is 14.3 Å². The van der Waals surface area contributed by atoms with Gasteiger partial charge in [0.15, 0.2) is 11.9 Å². The molecule has 0 aliphatic carbocycles. The number of hydrogen-bond donors (Lipinski definition) is 1. The zero-order valence-electron chi connectivity index (χ0n) is 18.9. The second-order valence-electron chi connectivity index (χ2n) is 8.38. The van der Waals surface area contributed by atoms with Crippen LogP contribution in [0.2, 0.25) is 0 Å². The van der Waals surface area contributed by atoms with Gasteiger partial charge in [-0.3, -0.25) is 4.79 Å². The molecule has 3 rings (SSSR count). The Labute approximate surface area is 189 Å². The molecular formula is C26H32O6. The maximum atomic E-state index is 10.7. The van der Waals surface area contributed by atoms with Gasteiger partial charge in [0.1, 0.15) is 11.5 Å². The summed E-state index contributed by atoms with van der Waals surface area (Å²) < 4.78 is 24.4. The van der Waals surface area contributed by atoms with Crippen molar-refractivity contribution in [1.82, 2.24) is 0 Å². The molecule has 0 amide bonds. The molecule has 3 unspecified atom stereocenters. The van der Waals surface area contributed by atoms with E-state index in [2.05, 4.69) is 0 Å². The second-order valence-corrected chi connectivity index (χ2v) is 8.38. The standard InChI is InChI=1S/C26H32O6/c1-26(2,32-20-13-7-5-8-14-20)25-30-18-19(12-6-4-9-17-23(27)28)24(31-25)21-15-10-11-16-22(21)29-3/h4-8,10-11,13-16,19,24-25H,9,12,17-18H2,1-3H3,(H,27,28)/b6-4-. The summed E-state index contributed by atoms with van der Waals surface area (Å²) in [7, 11) is 1.65. The molecule has 172 valence electrons. The number of rotatable bonds is 10. The molecule has 2 aromatic carbocycles. The number of allylic oxidation sites excluding steroid dienone is 2. The first kappa shape index (κ1) is 23.8. The average molecular weight is 441 g/mol. The van der Waals surface area contributed by atoms with Crippen LogP contribution in [0.5, 0.6) is 11.5 Å². The van der Waals surface area contributed by atoms with Crippen molar-refractivity contribution in [3.63, 3.8) is 0 Å². The molecule has 0 aromatic heterocycles. The van der Waals surface area contributed by atoms with Crippen LogP contribution in [0.25, 0.3) is 0 Å². The molecule has 0 spiro atoms. The van der Waals surface area contributed by atoms with Gasteiger partial charge in [-0.15, -0.1) is 0 Å². The second kappa shape index (κ2) is 11.2. The summed E-state index contributed by atoms with van der Waals surface area (Å²) in [6, 6.07) is 17.5. The van der Waals surface area contributed by atoms with Crippen LogP contribution in [0.15, 0.2) is 66.7 Å². The van der Waals surface area contributed by atoms with Crippen molar-refractivity contribution in [2.24, 2.45) is 5.92 Å². The normalized spacial score (nSPS) is 21.4. The molecule has 6 heteroatoms. The van der Waals surface area contributed by atoms with Crippen LogP contribution < -0.4 is 9.47 Å². The van der Waals surface area contributed by atoms with Crippen molar-refractivity contribution in [3.8, 4) is 11.5 Å². The Morgan fingerprint density at radius 1 is 1.12 bits per heavy atom. The van der Waals surface area contributed by atoms with Gasteiger partial charge in [-0.25, -0.2) is 0 Å². The molecule has 0 saturated carbocycles. The van der Waals surface area contributed by atoms with Crippen LogP contribution in [0.4, 0.5) is 0 Å². The number of para-hydroxylation sites is 2. The number of hydrogen-bond acceptors (Lipinski definition) is 5. The van der Waals surface area contributed by atoms with Gasteiger partial charge in [0.05, 0.1) is 19.8 Å². The topological polar surface area (TPSA) is 74.2 Å². The SMILES string of the molecule is COc1ccccc1C1OC(C(C)(C)Oc2ccccc2)OCC1C/C=C\CCC(=O)O. The van der Waals surface area contributed by atoms with E-state index in [4.69, 9.17) is 24.1 Å². The highest BCUT2D eigenvalue weighted by molar-refractivity contribution is 5.66. The predicted octanol–water partition coefficient (Wildman–Crippen LogP) is 5.39. The largest absolute Gasteiger partial charge is 0.496 e. The third-order valence-corrected chi connectivity index (χ3v) is 5.43. The molecule has 1 heterocycles. The van der Waals surface area contributed by atoms with Crippen LogP contribution in [0, 0.1) is 5.92 Å². The summed E-state index contributed by atoms with van der Waals surface area (Å²) in [4.78, 5) is 10.7. The van der Waals surface area contributed by atoms with Crippen molar-refractivity contribution in [2.75, 3.05) is 13.7 Å². The first-order valence-corrected chi connectivity index (χ1v) is 10.9. The van der Waals surface area contributed by atoms with Gasteiger partial charge in [-0.05, 0) is 44.9 Å². The van der Waals surface area contributed by atoms with E-state index in [1.807, 2.05) is 80.6 Å². The summed E-state index contributed by atoms with van der Waals surface area (Å²) in [6.07, 6.45) is 4.41. The lowest BCUT2D eigenvalue weighted by Crippen LogP contribution is -2.50. The lowest BCUT2D eigenvalue weighted by atomic mass is 9.90. The van der Waals surface area contributed by atoms with E-state index in [0.29, 0.717) is 19.4 Å². The summed E-state index contributed by atoms with van der Waals surface area (Å²) in [5.74, 6) is 0.771. The van der Waals surface area contributed by atoms with Crippen LogP contribution >= 0.6 is 0 Å². The lowest BCUT2D eigenvalue weighted by molar-refractivity contribution is -0.288. The number of carboxylic acid groups (broad SMARTS) is 1. The van der Waals surface area contributed by atoms with E-state index in [1.165, 1.54) is 0 Å². The smallest absolute Gasteiger partial charge is 0.303 e. The summed E-state index contributed by atoms with van der Waals surface area (Å²) in [5.41, 5.74) is 0.243. The van der Waals surface area contributed by atoms with Crippen molar-refractivity contribution in [1.29, 1.82) is 0 Å². The Balaban J connectivity index is 1.77. The third kappa shape index (κ3) is 6.34. The Bertz CT molecular complexity index is 892. The number of methoxy groups -OCH3 is 1. The predicted molar refractivity (Wildman–Crippen MR) is 122 cm³/mol. The van der Waals surface area contributed by atoms with E-state index < -0.39 is 17.9 Å². The van der Waals surface area contributed by atoms with E-state index >= 15 is 0 Å². The molecule has 1 aliphatic heterocycles. The quantitative estimate of drug-likeness (QED) is 0.499. The molecule has 32 heavy (non-hydrogen) atoms. The highest BCUT2D eigenvalue weighted by atomic mass is 16.7. The molecule has 1 aliphatic rings. The van der Waals surface area contributed by atoms with Crippen LogP contribution in [0.1, 0.15) is 44.8 Å². The molecular weight excluding hydrogens is 408 g/mol. The maximum absolute atomic E-state index is 10.7. The summed E-state index contributed by atoms with van der Waals surface area (Å²) in [5, 5.41) is 8.82. The van der Waals surface area contributed by atoms with E-state index in [0.717, 1.165) is 17.1 Å². The monoisotopic (exact) mass is 440 g/mol. The van der Waals surface area contributed by atoms with Gasteiger partial charge in [0.2, 0.25) is 0 Å². The Hall–Kier alpha value is -2.83. The lowest BCUT2D eigenvalue weighted by Gasteiger charge is -2.43. The Kier molecular flexibility index (Phi) is 8.31.